The minimum absolute atomic E-state index is 0.813. The molecular formula is C12H22N2O. The highest BCUT2D eigenvalue weighted by atomic mass is 16.5. The number of aromatic nitrogens is 2. The molecule has 0 aliphatic heterocycles. The Morgan fingerprint density at radius 1 is 1.40 bits per heavy atom. The molecule has 1 aromatic heterocycles. The van der Waals surface area contributed by atoms with Crippen molar-refractivity contribution < 1.29 is 4.74 Å². The molecule has 1 aromatic rings. The summed E-state index contributed by atoms with van der Waals surface area (Å²) in [6.07, 6.45) is 10.7. The molecule has 86 valence electrons. The molecule has 0 bridgehead atoms. The topological polar surface area (TPSA) is 27.1 Å². The van der Waals surface area contributed by atoms with E-state index in [0.29, 0.717) is 0 Å². The van der Waals surface area contributed by atoms with E-state index in [1.165, 1.54) is 25.7 Å². The van der Waals surface area contributed by atoms with Crippen molar-refractivity contribution in [2.75, 3.05) is 13.7 Å². The van der Waals surface area contributed by atoms with E-state index < -0.39 is 0 Å². The maximum Gasteiger partial charge on any atom is 0.0945 e. The first-order valence-electron chi connectivity index (χ1n) is 5.81. The van der Waals surface area contributed by atoms with Gasteiger partial charge in [-0.25, -0.2) is 4.98 Å². The van der Waals surface area contributed by atoms with Gasteiger partial charge in [0, 0.05) is 32.7 Å². The Balaban J connectivity index is 2.11. The summed E-state index contributed by atoms with van der Waals surface area (Å²) in [5, 5.41) is 0. The van der Waals surface area contributed by atoms with Crippen LogP contribution in [-0.4, -0.2) is 23.3 Å². The highest BCUT2D eigenvalue weighted by Gasteiger charge is 2.05. The van der Waals surface area contributed by atoms with E-state index in [4.69, 9.17) is 4.74 Å². The SMILES string of the molecule is CC[C@H](CCCn1ccnc1)CCOC. The van der Waals surface area contributed by atoms with Crippen LogP contribution in [0, 0.1) is 5.92 Å². The van der Waals surface area contributed by atoms with Crippen molar-refractivity contribution in [2.24, 2.45) is 5.92 Å². The Hall–Kier alpha value is -0.830. The van der Waals surface area contributed by atoms with Gasteiger partial charge < -0.3 is 9.30 Å². The molecule has 0 radical (unpaired) electrons. The van der Waals surface area contributed by atoms with Crippen LogP contribution in [0.15, 0.2) is 18.7 Å². The number of imidazole rings is 1. The Kier molecular flexibility index (Phi) is 6.09. The molecule has 0 aliphatic carbocycles. The molecule has 3 heteroatoms. The minimum atomic E-state index is 0.813. The molecule has 0 saturated carbocycles. The standard InChI is InChI=1S/C12H22N2O/c1-3-12(6-10-15-2)5-4-8-14-9-7-13-11-14/h7,9,11-12H,3-6,8,10H2,1-2H3/t12-/m1/s1. The zero-order valence-electron chi connectivity index (χ0n) is 9.85. The number of rotatable bonds is 8. The maximum atomic E-state index is 5.11. The average Bonchev–Trinajstić information content (AvgIpc) is 2.76. The maximum absolute atomic E-state index is 5.11. The first-order valence-corrected chi connectivity index (χ1v) is 5.81. The van der Waals surface area contributed by atoms with Gasteiger partial charge >= 0.3 is 0 Å². The number of aryl methyl sites for hydroxylation is 1. The van der Waals surface area contributed by atoms with Gasteiger partial charge in [0.1, 0.15) is 0 Å². The van der Waals surface area contributed by atoms with Gasteiger partial charge in [0.25, 0.3) is 0 Å². The van der Waals surface area contributed by atoms with E-state index in [9.17, 15) is 0 Å². The van der Waals surface area contributed by atoms with Gasteiger partial charge in [0.05, 0.1) is 6.33 Å². The van der Waals surface area contributed by atoms with Crippen LogP contribution >= 0.6 is 0 Å². The molecule has 0 spiro atoms. The molecule has 0 fully saturated rings. The van der Waals surface area contributed by atoms with Gasteiger partial charge in [0.15, 0.2) is 0 Å². The molecule has 0 aliphatic rings. The fourth-order valence-electron chi connectivity index (χ4n) is 1.82. The molecule has 1 rings (SSSR count). The van der Waals surface area contributed by atoms with Crippen LogP contribution in [0.2, 0.25) is 0 Å². The van der Waals surface area contributed by atoms with Crippen molar-refractivity contribution >= 4 is 0 Å². The molecule has 1 atom stereocenters. The third kappa shape index (κ3) is 4.98. The second-order valence-electron chi connectivity index (χ2n) is 4.00. The summed E-state index contributed by atoms with van der Waals surface area (Å²) < 4.78 is 7.25. The van der Waals surface area contributed by atoms with Crippen LogP contribution in [0.25, 0.3) is 0 Å². The third-order valence-electron chi connectivity index (χ3n) is 2.90. The lowest BCUT2D eigenvalue weighted by molar-refractivity contribution is 0.173. The molecule has 1 heterocycles. The van der Waals surface area contributed by atoms with Crippen molar-refractivity contribution in [3.63, 3.8) is 0 Å². The Bertz CT molecular complexity index is 234. The third-order valence-corrected chi connectivity index (χ3v) is 2.90. The summed E-state index contributed by atoms with van der Waals surface area (Å²) in [7, 11) is 1.78. The molecule has 15 heavy (non-hydrogen) atoms. The van der Waals surface area contributed by atoms with Crippen LogP contribution in [0.5, 0.6) is 0 Å². The molecule has 0 amide bonds. The van der Waals surface area contributed by atoms with Gasteiger partial charge in [-0.05, 0) is 25.2 Å². The summed E-state index contributed by atoms with van der Waals surface area (Å²) >= 11 is 0. The lowest BCUT2D eigenvalue weighted by atomic mass is 9.97. The molecule has 3 nitrogen and oxygen atoms in total. The second kappa shape index (κ2) is 7.46. The second-order valence-corrected chi connectivity index (χ2v) is 4.00. The normalized spacial score (nSPS) is 12.9. The van der Waals surface area contributed by atoms with Gasteiger partial charge in [-0.1, -0.05) is 13.3 Å². The number of hydrogen-bond donors (Lipinski definition) is 0. The summed E-state index contributed by atoms with van der Waals surface area (Å²) in [6, 6.07) is 0. The Labute approximate surface area is 92.5 Å². The van der Waals surface area contributed by atoms with Crippen molar-refractivity contribution in [3.05, 3.63) is 18.7 Å². The van der Waals surface area contributed by atoms with Crippen LogP contribution in [0.1, 0.15) is 32.6 Å². The average molecular weight is 210 g/mol. The predicted molar refractivity (Wildman–Crippen MR) is 61.7 cm³/mol. The molecule has 0 unspecified atom stereocenters. The number of hydrogen-bond acceptors (Lipinski definition) is 2. The summed E-state index contributed by atoms with van der Waals surface area (Å²) in [5.41, 5.74) is 0. The first-order chi connectivity index (χ1) is 7.36. The summed E-state index contributed by atoms with van der Waals surface area (Å²) in [5.74, 6) is 0.813. The van der Waals surface area contributed by atoms with Gasteiger partial charge in [-0.2, -0.15) is 0 Å². The summed E-state index contributed by atoms with van der Waals surface area (Å²) in [4.78, 5) is 4.03. The quantitative estimate of drug-likeness (QED) is 0.659. The zero-order chi connectivity index (χ0) is 10.9. The lowest BCUT2D eigenvalue weighted by Gasteiger charge is -2.13. The Morgan fingerprint density at radius 3 is 2.87 bits per heavy atom. The predicted octanol–water partition coefficient (Wildman–Crippen LogP) is 2.73. The van der Waals surface area contributed by atoms with E-state index >= 15 is 0 Å². The van der Waals surface area contributed by atoms with Gasteiger partial charge in [0.2, 0.25) is 0 Å². The van der Waals surface area contributed by atoms with Crippen LogP contribution < -0.4 is 0 Å². The highest BCUT2D eigenvalue weighted by Crippen LogP contribution is 2.15. The minimum Gasteiger partial charge on any atom is -0.385 e. The van der Waals surface area contributed by atoms with E-state index in [2.05, 4.69) is 16.5 Å². The number of nitrogens with zero attached hydrogens (tertiary/aromatic N) is 2. The number of ether oxygens (including phenoxy) is 1. The molecule has 0 aromatic carbocycles. The van der Waals surface area contributed by atoms with Crippen molar-refractivity contribution in [2.45, 2.75) is 39.2 Å². The van der Waals surface area contributed by atoms with Crippen LogP contribution in [0.4, 0.5) is 0 Å². The lowest BCUT2D eigenvalue weighted by Crippen LogP contribution is -2.05. The first kappa shape index (κ1) is 12.2. The van der Waals surface area contributed by atoms with Gasteiger partial charge in [-0.3, -0.25) is 0 Å². The largest absolute Gasteiger partial charge is 0.385 e. The zero-order valence-corrected chi connectivity index (χ0v) is 9.85. The fourth-order valence-corrected chi connectivity index (χ4v) is 1.82. The Morgan fingerprint density at radius 2 is 2.27 bits per heavy atom. The smallest absolute Gasteiger partial charge is 0.0945 e. The van der Waals surface area contributed by atoms with Crippen molar-refractivity contribution in [3.8, 4) is 0 Å². The van der Waals surface area contributed by atoms with E-state index in [0.717, 1.165) is 19.1 Å². The van der Waals surface area contributed by atoms with E-state index in [-0.39, 0.29) is 0 Å². The molecule has 0 N–H and O–H groups in total. The van der Waals surface area contributed by atoms with Crippen molar-refractivity contribution in [1.82, 2.24) is 9.55 Å². The van der Waals surface area contributed by atoms with Gasteiger partial charge in [-0.15, -0.1) is 0 Å². The molecular weight excluding hydrogens is 188 g/mol. The highest BCUT2D eigenvalue weighted by molar-refractivity contribution is 4.73. The van der Waals surface area contributed by atoms with E-state index in [1.807, 2.05) is 18.7 Å². The monoisotopic (exact) mass is 210 g/mol. The number of methoxy groups -OCH3 is 1. The molecule has 0 saturated heterocycles. The summed E-state index contributed by atoms with van der Waals surface area (Å²) in [6.45, 7) is 4.24. The van der Waals surface area contributed by atoms with Crippen molar-refractivity contribution in [1.29, 1.82) is 0 Å². The fraction of sp³-hybridized carbons (Fsp3) is 0.750. The van der Waals surface area contributed by atoms with Crippen LogP contribution in [0.3, 0.4) is 0 Å². The van der Waals surface area contributed by atoms with E-state index in [1.54, 1.807) is 7.11 Å². The van der Waals surface area contributed by atoms with Crippen LogP contribution in [-0.2, 0) is 11.3 Å².